The second kappa shape index (κ2) is 7.40. The van der Waals surface area contributed by atoms with Crippen LogP contribution in [0.4, 0.5) is 20.2 Å². The van der Waals surface area contributed by atoms with E-state index in [0.717, 1.165) is 22.6 Å². The zero-order valence-corrected chi connectivity index (χ0v) is 13.8. The summed E-state index contributed by atoms with van der Waals surface area (Å²) in [7, 11) is 0. The van der Waals surface area contributed by atoms with Crippen LogP contribution >= 0.6 is 11.6 Å². The van der Waals surface area contributed by atoms with Gasteiger partial charge >= 0.3 is 0 Å². The van der Waals surface area contributed by atoms with Crippen molar-refractivity contribution >= 4 is 34.8 Å². The molecule has 0 aromatic heterocycles. The van der Waals surface area contributed by atoms with Crippen molar-refractivity contribution in [1.82, 2.24) is 0 Å². The van der Waals surface area contributed by atoms with E-state index in [1.807, 2.05) is 0 Å². The van der Waals surface area contributed by atoms with Crippen LogP contribution in [0.1, 0.15) is 12.5 Å². The average molecular weight is 353 g/mol. The first kappa shape index (κ1) is 17.9. The van der Waals surface area contributed by atoms with Crippen LogP contribution in [0.5, 0.6) is 0 Å². The summed E-state index contributed by atoms with van der Waals surface area (Å²) in [5, 5.41) is 3.17. The predicted molar refractivity (Wildman–Crippen MR) is 89.2 cm³/mol. The first-order valence-corrected chi connectivity index (χ1v) is 7.45. The number of benzene rings is 2. The summed E-state index contributed by atoms with van der Waals surface area (Å²) in [5.74, 6) is -2.73. The smallest absolute Gasteiger partial charge is 0.244 e. The third kappa shape index (κ3) is 4.29. The lowest BCUT2D eigenvalue weighted by Crippen LogP contribution is -2.37. The van der Waals surface area contributed by atoms with Gasteiger partial charge in [-0.3, -0.25) is 9.59 Å². The molecule has 0 unspecified atom stereocenters. The van der Waals surface area contributed by atoms with Gasteiger partial charge in [0.1, 0.15) is 18.2 Å². The molecule has 0 heterocycles. The van der Waals surface area contributed by atoms with E-state index in [2.05, 4.69) is 5.32 Å². The van der Waals surface area contributed by atoms with Gasteiger partial charge in [-0.15, -0.1) is 0 Å². The molecule has 0 aliphatic carbocycles. The van der Waals surface area contributed by atoms with Crippen LogP contribution in [0.2, 0.25) is 5.02 Å². The third-order valence-electron chi connectivity index (χ3n) is 3.34. The second-order valence-corrected chi connectivity index (χ2v) is 5.64. The van der Waals surface area contributed by atoms with E-state index in [4.69, 9.17) is 11.6 Å². The maximum absolute atomic E-state index is 13.9. The summed E-state index contributed by atoms with van der Waals surface area (Å²) in [4.78, 5) is 24.9. The van der Waals surface area contributed by atoms with Gasteiger partial charge in [0.2, 0.25) is 11.8 Å². The number of halogens is 3. The molecule has 0 aliphatic rings. The Bertz CT molecular complexity index is 796. The van der Waals surface area contributed by atoms with Crippen LogP contribution in [0.25, 0.3) is 0 Å². The minimum atomic E-state index is -0.916. The molecule has 4 nitrogen and oxygen atoms in total. The molecule has 2 aromatic carbocycles. The Morgan fingerprint density at radius 1 is 1.17 bits per heavy atom. The van der Waals surface area contributed by atoms with Gasteiger partial charge in [-0.25, -0.2) is 8.78 Å². The van der Waals surface area contributed by atoms with Gasteiger partial charge in [-0.2, -0.15) is 0 Å². The van der Waals surface area contributed by atoms with Crippen LogP contribution in [0.3, 0.4) is 0 Å². The van der Waals surface area contributed by atoms with Gasteiger partial charge < -0.3 is 10.2 Å². The van der Waals surface area contributed by atoms with E-state index in [1.54, 1.807) is 25.1 Å². The van der Waals surface area contributed by atoms with Gasteiger partial charge in [0.25, 0.3) is 0 Å². The Morgan fingerprint density at radius 3 is 2.46 bits per heavy atom. The molecular formula is C17H15ClF2N2O2. The Balaban J connectivity index is 2.18. The quantitative estimate of drug-likeness (QED) is 0.906. The zero-order valence-electron chi connectivity index (χ0n) is 13.1. The fourth-order valence-corrected chi connectivity index (χ4v) is 2.39. The lowest BCUT2D eigenvalue weighted by Gasteiger charge is -2.21. The SMILES string of the molecule is CC(=O)N(CC(=O)Nc1ccc(Cl)cc1C)c1ccc(F)cc1F. The molecule has 0 aliphatic heterocycles. The Labute approximate surface area is 143 Å². The van der Waals surface area contributed by atoms with Gasteiger partial charge in [-0.1, -0.05) is 11.6 Å². The number of amides is 2. The highest BCUT2D eigenvalue weighted by molar-refractivity contribution is 6.30. The standard InChI is InChI=1S/C17H15ClF2N2O2/c1-10-7-12(18)3-5-15(10)21-17(24)9-22(11(2)23)16-6-4-13(19)8-14(16)20/h3-8H,9H2,1-2H3,(H,21,24). The minimum absolute atomic E-state index is 0.160. The minimum Gasteiger partial charge on any atom is -0.324 e. The summed E-state index contributed by atoms with van der Waals surface area (Å²) in [5.41, 5.74) is 1.12. The van der Waals surface area contributed by atoms with Crippen LogP contribution in [0.15, 0.2) is 36.4 Å². The van der Waals surface area contributed by atoms with Crippen molar-refractivity contribution in [3.63, 3.8) is 0 Å². The number of nitrogens with zero attached hydrogens (tertiary/aromatic N) is 1. The molecule has 7 heteroatoms. The molecule has 2 amide bonds. The van der Waals surface area contributed by atoms with Gasteiger partial charge in [0.05, 0.1) is 5.69 Å². The number of rotatable bonds is 4. The Hall–Kier alpha value is -2.47. The Kier molecular flexibility index (Phi) is 5.51. The summed E-state index contributed by atoms with van der Waals surface area (Å²) < 4.78 is 26.9. The van der Waals surface area contributed by atoms with Gasteiger partial charge in [0.15, 0.2) is 0 Å². The molecule has 0 atom stereocenters. The summed E-state index contributed by atoms with van der Waals surface area (Å²) >= 11 is 5.85. The molecule has 0 fully saturated rings. The van der Waals surface area contributed by atoms with Crippen molar-refractivity contribution in [1.29, 1.82) is 0 Å². The fraction of sp³-hybridized carbons (Fsp3) is 0.176. The van der Waals surface area contributed by atoms with Crippen LogP contribution in [0, 0.1) is 18.6 Å². The number of hydrogen-bond donors (Lipinski definition) is 1. The molecule has 2 rings (SSSR count). The topological polar surface area (TPSA) is 49.4 Å². The molecule has 126 valence electrons. The van der Waals surface area contributed by atoms with Crippen molar-refractivity contribution < 1.29 is 18.4 Å². The fourth-order valence-electron chi connectivity index (χ4n) is 2.17. The van der Waals surface area contributed by atoms with Crippen LogP contribution in [-0.4, -0.2) is 18.4 Å². The number of anilines is 2. The maximum Gasteiger partial charge on any atom is 0.244 e. The van der Waals surface area contributed by atoms with Crippen molar-refractivity contribution in [2.24, 2.45) is 0 Å². The van der Waals surface area contributed by atoms with E-state index in [0.29, 0.717) is 16.8 Å². The predicted octanol–water partition coefficient (Wildman–Crippen LogP) is 3.92. The largest absolute Gasteiger partial charge is 0.324 e. The first-order valence-electron chi connectivity index (χ1n) is 7.07. The summed E-state index contributed by atoms with van der Waals surface area (Å²) in [6, 6.07) is 7.73. The van der Waals surface area contributed by atoms with Crippen molar-refractivity contribution in [2.75, 3.05) is 16.8 Å². The molecule has 0 spiro atoms. The number of nitrogens with one attached hydrogen (secondary N) is 1. The normalized spacial score (nSPS) is 10.4. The molecule has 1 N–H and O–H groups in total. The summed E-state index contributed by atoms with van der Waals surface area (Å²) in [6.07, 6.45) is 0. The van der Waals surface area contributed by atoms with Crippen LogP contribution in [-0.2, 0) is 9.59 Å². The van der Waals surface area contributed by atoms with E-state index in [9.17, 15) is 18.4 Å². The van der Waals surface area contributed by atoms with Crippen LogP contribution < -0.4 is 10.2 Å². The van der Waals surface area contributed by atoms with E-state index in [1.165, 1.54) is 6.92 Å². The van der Waals surface area contributed by atoms with Crippen molar-refractivity contribution in [3.05, 3.63) is 58.6 Å². The highest BCUT2D eigenvalue weighted by Gasteiger charge is 2.20. The van der Waals surface area contributed by atoms with Gasteiger partial charge in [-0.05, 0) is 42.8 Å². The molecule has 24 heavy (non-hydrogen) atoms. The van der Waals surface area contributed by atoms with E-state index >= 15 is 0 Å². The monoisotopic (exact) mass is 352 g/mol. The number of carbonyl (C=O) groups is 2. The molecular weight excluding hydrogens is 338 g/mol. The summed E-state index contributed by atoms with van der Waals surface area (Å²) in [6.45, 7) is 2.56. The van der Waals surface area contributed by atoms with E-state index in [-0.39, 0.29) is 5.69 Å². The molecule has 2 aromatic rings. The van der Waals surface area contributed by atoms with Crippen molar-refractivity contribution in [2.45, 2.75) is 13.8 Å². The number of aryl methyl sites for hydroxylation is 1. The highest BCUT2D eigenvalue weighted by atomic mass is 35.5. The van der Waals surface area contributed by atoms with Crippen molar-refractivity contribution in [3.8, 4) is 0 Å². The zero-order chi connectivity index (χ0) is 17.9. The molecule has 0 saturated carbocycles. The highest BCUT2D eigenvalue weighted by Crippen LogP contribution is 2.22. The Morgan fingerprint density at radius 2 is 1.88 bits per heavy atom. The molecule has 0 saturated heterocycles. The lowest BCUT2D eigenvalue weighted by molar-refractivity contribution is -0.120. The lowest BCUT2D eigenvalue weighted by atomic mass is 10.2. The molecule has 0 radical (unpaired) electrons. The first-order chi connectivity index (χ1) is 11.3. The van der Waals surface area contributed by atoms with Gasteiger partial charge in [0, 0.05) is 23.7 Å². The second-order valence-electron chi connectivity index (χ2n) is 5.21. The molecule has 0 bridgehead atoms. The average Bonchev–Trinajstić information content (AvgIpc) is 2.48. The third-order valence-corrected chi connectivity index (χ3v) is 3.58. The maximum atomic E-state index is 13.9. The number of hydrogen-bond acceptors (Lipinski definition) is 2. The van der Waals surface area contributed by atoms with E-state index < -0.39 is 30.0 Å². The number of carbonyl (C=O) groups excluding carboxylic acids is 2.